The highest BCUT2D eigenvalue weighted by atomic mass is 16.5. The van der Waals surface area contributed by atoms with Crippen molar-refractivity contribution in [1.29, 1.82) is 0 Å². The fourth-order valence-electron chi connectivity index (χ4n) is 2.69. The topological polar surface area (TPSA) is 78.3 Å². The molecule has 0 aliphatic heterocycles. The van der Waals surface area contributed by atoms with Gasteiger partial charge in [-0.05, 0) is 18.1 Å². The Kier molecular flexibility index (Phi) is 6.90. The van der Waals surface area contributed by atoms with Gasteiger partial charge in [-0.1, -0.05) is 30.3 Å². The lowest BCUT2D eigenvalue weighted by atomic mass is 10.2. The van der Waals surface area contributed by atoms with Crippen molar-refractivity contribution in [2.75, 3.05) is 33.5 Å². The third kappa shape index (κ3) is 5.35. The van der Waals surface area contributed by atoms with Crippen LogP contribution < -0.4 is 5.32 Å². The van der Waals surface area contributed by atoms with Crippen LogP contribution in [-0.4, -0.2) is 54.1 Å². The largest absolute Gasteiger partial charge is 0.382 e. The third-order valence-electron chi connectivity index (χ3n) is 4.10. The number of carbonyl (C=O) groups is 1. The molecule has 0 unspecified atom stereocenters. The van der Waals surface area contributed by atoms with E-state index in [0.29, 0.717) is 38.5 Å². The van der Waals surface area contributed by atoms with Crippen molar-refractivity contribution < 1.29 is 14.3 Å². The first-order valence-electron chi connectivity index (χ1n) is 8.98. The smallest absolute Gasteiger partial charge is 0.252 e. The van der Waals surface area contributed by atoms with Crippen LogP contribution in [0.25, 0.3) is 11.0 Å². The second kappa shape index (κ2) is 9.80. The Labute approximate surface area is 158 Å². The minimum absolute atomic E-state index is 0.142. The Morgan fingerprint density at radius 2 is 2.00 bits per heavy atom. The van der Waals surface area contributed by atoms with Crippen molar-refractivity contribution >= 4 is 16.9 Å². The van der Waals surface area contributed by atoms with Crippen LogP contribution in [0.5, 0.6) is 0 Å². The molecule has 0 atom stereocenters. The number of amides is 1. The molecule has 7 nitrogen and oxygen atoms in total. The monoisotopic (exact) mass is 368 g/mol. The van der Waals surface area contributed by atoms with Gasteiger partial charge in [-0.3, -0.25) is 4.79 Å². The van der Waals surface area contributed by atoms with E-state index in [9.17, 15) is 4.79 Å². The summed E-state index contributed by atoms with van der Waals surface area (Å²) in [5, 5.41) is 8.13. The molecule has 1 N–H and O–H groups in total. The molecule has 3 rings (SSSR count). The first kappa shape index (κ1) is 19.0. The van der Waals surface area contributed by atoms with Gasteiger partial charge in [0.25, 0.3) is 5.91 Å². The zero-order chi connectivity index (χ0) is 18.9. The molecule has 2 heterocycles. The van der Waals surface area contributed by atoms with E-state index in [1.54, 1.807) is 19.5 Å². The van der Waals surface area contributed by atoms with Gasteiger partial charge in [-0.15, -0.1) is 0 Å². The maximum absolute atomic E-state index is 12.3. The molecule has 0 aliphatic carbocycles. The summed E-state index contributed by atoms with van der Waals surface area (Å²) in [6.45, 7) is 2.93. The number of rotatable bonds is 10. The quantitative estimate of drug-likeness (QED) is 0.556. The second-order valence-corrected chi connectivity index (χ2v) is 6.14. The fraction of sp³-hybridized carbons (Fsp3) is 0.350. The van der Waals surface area contributed by atoms with Gasteiger partial charge < -0.3 is 14.8 Å². The van der Waals surface area contributed by atoms with E-state index in [1.807, 2.05) is 41.1 Å². The molecule has 1 amide bonds. The molecule has 0 bridgehead atoms. The van der Waals surface area contributed by atoms with E-state index in [1.165, 1.54) is 0 Å². The van der Waals surface area contributed by atoms with Crippen molar-refractivity contribution in [3.05, 3.63) is 59.9 Å². The summed E-state index contributed by atoms with van der Waals surface area (Å²) >= 11 is 0. The number of pyridine rings is 1. The molecule has 0 fully saturated rings. The van der Waals surface area contributed by atoms with Crippen molar-refractivity contribution in [3.63, 3.8) is 0 Å². The maximum atomic E-state index is 12.3. The molecule has 0 saturated heterocycles. The van der Waals surface area contributed by atoms with Crippen LogP contribution in [0, 0.1) is 0 Å². The number of hydrogen-bond acceptors (Lipinski definition) is 5. The number of hydrogen-bond donors (Lipinski definition) is 1. The van der Waals surface area contributed by atoms with Crippen molar-refractivity contribution in [2.24, 2.45) is 0 Å². The molecule has 2 aromatic heterocycles. The Bertz CT molecular complexity index is 864. The lowest BCUT2D eigenvalue weighted by molar-refractivity contribution is 0.0688. The summed E-state index contributed by atoms with van der Waals surface area (Å²) in [4.78, 5) is 16.7. The lowest BCUT2D eigenvalue weighted by Gasteiger charge is -2.07. The van der Waals surface area contributed by atoms with E-state index in [2.05, 4.69) is 15.4 Å². The van der Waals surface area contributed by atoms with Crippen LogP contribution >= 0.6 is 0 Å². The van der Waals surface area contributed by atoms with Gasteiger partial charge in [0.2, 0.25) is 0 Å². The van der Waals surface area contributed by atoms with Gasteiger partial charge >= 0.3 is 0 Å². The predicted octanol–water partition coefficient (Wildman–Crippen LogP) is 2.26. The summed E-state index contributed by atoms with van der Waals surface area (Å²) in [5.41, 5.74) is 2.45. The van der Waals surface area contributed by atoms with E-state index in [4.69, 9.17) is 9.47 Å². The van der Waals surface area contributed by atoms with Crippen molar-refractivity contribution in [3.8, 4) is 0 Å². The summed E-state index contributed by atoms with van der Waals surface area (Å²) in [7, 11) is 1.64. The van der Waals surface area contributed by atoms with Gasteiger partial charge in [0, 0.05) is 31.8 Å². The summed E-state index contributed by atoms with van der Waals surface area (Å²) in [6.07, 6.45) is 4.09. The molecule has 0 aliphatic rings. The minimum Gasteiger partial charge on any atom is -0.382 e. The number of fused-ring (bicyclic) bond motifs is 1. The number of methoxy groups -OCH3 is 1. The van der Waals surface area contributed by atoms with Gasteiger partial charge in [0.1, 0.15) is 0 Å². The maximum Gasteiger partial charge on any atom is 0.252 e. The van der Waals surface area contributed by atoms with Crippen LogP contribution in [0.3, 0.4) is 0 Å². The molecule has 142 valence electrons. The first-order valence-corrected chi connectivity index (χ1v) is 8.98. The van der Waals surface area contributed by atoms with Gasteiger partial charge in [0.05, 0.1) is 31.5 Å². The van der Waals surface area contributed by atoms with Crippen molar-refractivity contribution in [2.45, 2.75) is 13.0 Å². The highest BCUT2D eigenvalue weighted by molar-refractivity contribution is 5.96. The molecular weight excluding hydrogens is 344 g/mol. The molecule has 0 radical (unpaired) electrons. The summed E-state index contributed by atoms with van der Waals surface area (Å²) in [5.74, 6) is -0.142. The Morgan fingerprint density at radius 1 is 1.15 bits per heavy atom. The van der Waals surface area contributed by atoms with Crippen LogP contribution in [0.4, 0.5) is 0 Å². The Morgan fingerprint density at radius 3 is 2.81 bits per heavy atom. The normalized spacial score (nSPS) is 11.0. The van der Waals surface area contributed by atoms with Crippen LogP contribution in [0.2, 0.25) is 0 Å². The molecule has 7 heteroatoms. The standard InChI is InChI=1S/C20H24N4O3/c1-26-10-11-27-9-5-8-21-20(25)18-12-17-14-23-24(19(17)22-13-18)15-16-6-3-2-4-7-16/h2-4,6-7,12-14H,5,8-11,15H2,1H3,(H,21,25). The number of benzene rings is 1. The molecular formula is C20H24N4O3. The van der Waals surface area contributed by atoms with Gasteiger partial charge in [-0.2, -0.15) is 5.10 Å². The molecule has 0 spiro atoms. The number of nitrogens with one attached hydrogen (secondary N) is 1. The zero-order valence-electron chi connectivity index (χ0n) is 15.4. The summed E-state index contributed by atoms with van der Waals surface area (Å²) < 4.78 is 12.1. The first-order chi connectivity index (χ1) is 13.3. The van der Waals surface area contributed by atoms with Crippen molar-refractivity contribution in [1.82, 2.24) is 20.1 Å². The average molecular weight is 368 g/mol. The van der Waals surface area contributed by atoms with E-state index in [-0.39, 0.29) is 5.91 Å². The number of carbonyl (C=O) groups excluding carboxylic acids is 1. The predicted molar refractivity (Wildman–Crippen MR) is 103 cm³/mol. The van der Waals surface area contributed by atoms with E-state index < -0.39 is 0 Å². The molecule has 1 aromatic carbocycles. The second-order valence-electron chi connectivity index (χ2n) is 6.14. The lowest BCUT2D eigenvalue weighted by Crippen LogP contribution is -2.25. The number of nitrogens with zero attached hydrogens (tertiary/aromatic N) is 3. The zero-order valence-corrected chi connectivity index (χ0v) is 15.4. The van der Waals surface area contributed by atoms with Crippen LogP contribution in [0.1, 0.15) is 22.3 Å². The van der Waals surface area contributed by atoms with E-state index in [0.717, 1.165) is 23.0 Å². The van der Waals surface area contributed by atoms with Gasteiger partial charge in [-0.25, -0.2) is 9.67 Å². The Hall–Kier alpha value is -2.77. The Balaban J connectivity index is 1.54. The SMILES string of the molecule is COCCOCCCNC(=O)c1cnc2c(cnn2Cc2ccccc2)c1. The number of ether oxygens (including phenoxy) is 2. The summed E-state index contributed by atoms with van der Waals surface area (Å²) in [6, 6.07) is 11.9. The fourth-order valence-corrected chi connectivity index (χ4v) is 2.69. The third-order valence-corrected chi connectivity index (χ3v) is 4.10. The van der Waals surface area contributed by atoms with Crippen LogP contribution in [0.15, 0.2) is 48.8 Å². The molecule has 3 aromatic rings. The minimum atomic E-state index is -0.142. The number of aromatic nitrogens is 3. The highest BCUT2D eigenvalue weighted by Gasteiger charge is 2.10. The van der Waals surface area contributed by atoms with Gasteiger partial charge in [0.15, 0.2) is 5.65 Å². The highest BCUT2D eigenvalue weighted by Crippen LogP contribution is 2.14. The average Bonchev–Trinajstić information content (AvgIpc) is 3.10. The molecule has 0 saturated carbocycles. The van der Waals surface area contributed by atoms with E-state index >= 15 is 0 Å². The molecule has 27 heavy (non-hydrogen) atoms. The van der Waals surface area contributed by atoms with Crippen LogP contribution in [-0.2, 0) is 16.0 Å².